The van der Waals surface area contributed by atoms with Gasteiger partial charge in [-0.1, -0.05) is 20.8 Å². The minimum atomic E-state index is -0.500. The molecular weight excluding hydrogens is 238 g/mol. The lowest BCUT2D eigenvalue weighted by Crippen LogP contribution is -2.63. The van der Waals surface area contributed by atoms with Gasteiger partial charge in [0.2, 0.25) is 5.91 Å². The van der Waals surface area contributed by atoms with Gasteiger partial charge in [0.25, 0.3) is 0 Å². The van der Waals surface area contributed by atoms with Crippen LogP contribution in [0, 0.1) is 5.92 Å². The molecule has 0 aromatic rings. The van der Waals surface area contributed by atoms with E-state index in [0.29, 0.717) is 5.92 Å². The quantitative estimate of drug-likeness (QED) is 0.601. The first-order valence-electron chi connectivity index (χ1n) is 7.88. The Labute approximate surface area is 118 Å². The number of nitrogens with one attached hydrogen (secondary N) is 1. The van der Waals surface area contributed by atoms with Gasteiger partial charge < -0.3 is 16.0 Å². The topological polar surface area (TPSA) is 58.4 Å². The molecule has 0 aromatic heterocycles. The number of nitrogens with zero attached hydrogens (tertiary/aromatic N) is 1. The third-order valence-corrected chi connectivity index (χ3v) is 3.96. The van der Waals surface area contributed by atoms with Gasteiger partial charge in [0.15, 0.2) is 0 Å². The number of nitrogens with two attached hydrogens (primary N) is 1. The molecule has 0 spiro atoms. The standard InChI is InChI=1S/C15H31N3O/c1-4-9-17-15(14(16)19,13-7-8-13)12-18(10-5-2)11-6-3/h13,17H,4-12H2,1-3H3,(H2,16,19). The highest BCUT2D eigenvalue weighted by atomic mass is 16.1. The van der Waals surface area contributed by atoms with Crippen molar-refractivity contribution in [1.82, 2.24) is 10.2 Å². The molecular formula is C15H31N3O. The molecule has 1 fully saturated rings. The number of hydrogen-bond acceptors (Lipinski definition) is 3. The van der Waals surface area contributed by atoms with Crippen LogP contribution in [0.25, 0.3) is 0 Å². The molecule has 1 aliphatic rings. The van der Waals surface area contributed by atoms with Crippen molar-refractivity contribution in [2.24, 2.45) is 11.7 Å². The summed E-state index contributed by atoms with van der Waals surface area (Å²) in [5.41, 5.74) is 5.27. The number of primary amides is 1. The lowest BCUT2D eigenvalue weighted by molar-refractivity contribution is -0.126. The summed E-state index contributed by atoms with van der Waals surface area (Å²) in [6, 6.07) is 0. The van der Waals surface area contributed by atoms with Crippen LogP contribution in [0.5, 0.6) is 0 Å². The van der Waals surface area contributed by atoms with E-state index in [1.807, 2.05) is 0 Å². The fraction of sp³-hybridized carbons (Fsp3) is 0.933. The van der Waals surface area contributed by atoms with Crippen LogP contribution in [0.3, 0.4) is 0 Å². The lowest BCUT2D eigenvalue weighted by Gasteiger charge is -2.37. The molecule has 1 rings (SSSR count). The number of carbonyl (C=O) groups excluding carboxylic acids is 1. The van der Waals surface area contributed by atoms with E-state index >= 15 is 0 Å². The van der Waals surface area contributed by atoms with Crippen molar-refractivity contribution in [3.63, 3.8) is 0 Å². The van der Waals surface area contributed by atoms with Crippen molar-refractivity contribution >= 4 is 5.91 Å². The van der Waals surface area contributed by atoms with Gasteiger partial charge in [0, 0.05) is 6.54 Å². The Bertz CT molecular complexity index is 273. The average Bonchev–Trinajstić information content (AvgIpc) is 3.19. The van der Waals surface area contributed by atoms with E-state index in [4.69, 9.17) is 5.73 Å². The largest absolute Gasteiger partial charge is 0.368 e. The van der Waals surface area contributed by atoms with Gasteiger partial charge >= 0.3 is 0 Å². The van der Waals surface area contributed by atoms with Crippen molar-refractivity contribution in [2.75, 3.05) is 26.2 Å². The maximum atomic E-state index is 12.1. The molecule has 1 aliphatic carbocycles. The molecule has 4 nitrogen and oxygen atoms in total. The summed E-state index contributed by atoms with van der Waals surface area (Å²) in [6.07, 6.45) is 5.53. The predicted octanol–water partition coefficient (Wildman–Crippen LogP) is 1.74. The second-order valence-corrected chi connectivity index (χ2v) is 5.81. The molecule has 3 N–H and O–H groups in total. The Morgan fingerprint density at radius 2 is 1.79 bits per heavy atom. The Hall–Kier alpha value is -0.610. The van der Waals surface area contributed by atoms with Crippen LogP contribution in [0.2, 0.25) is 0 Å². The van der Waals surface area contributed by atoms with Crippen molar-refractivity contribution in [2.45, 2.75) is 58.4 Å². The van der Waals surface area contributed by atoms with E-state index in [1.54, 1.807) is 0 Å². The maximum absolute atomic E-state index is 12.1. The third-order valence-electron chi connectivity index (χ3n) is 3.96. The van der Waals surface area contributed by atoms with Crippen LogP contribution in [0.4, 0.5) is 0 Å². The molecule has 112 valence electrons. The van der Waals surface area contributed by atoms with Gasteiger partial charge in [-0.25, -0.2) is 0 Å². The van der Waals surface area contributed by atoms with Crippen LogP contribution in [-0.4, -0.2) is 42.5 Å². The summed E-state index contributed by atoms with van der Waals surface area (Å²) >= 11 is 0. The van der Waals surface area contributed by atoms with Crippen molar-refractivity contribution in [3.8, 4) is 0 Å². The summed E-state index contributed by atoms with van der Waals surface area (Å²) < 4.78 is 0. The molecule has 0 heterocycles. The smallest absolute Gasteiger partial charge is 0.239 e. The fourth-order valence-corrected chi connectivity index (χ4v) is 2.87. The van der Waals surface area contributed by atoms with E-state index in [2.05, 4.69) is 31.0 Å². The van der Waals surface area contributed by atoms with Gasteiger partial charge in [0.05, 0.1) is 0 Å². The monoisotopic (exact) mass is 269 g/mol. The summed E-state index contributed by atoms with van der Waals surface area (Å²) in [4.78, 5) is 14.5. The fourth-order valence-electron chi connectivity index (χ4n) is 2.87. The van der Waals surface area contributed by atoms with Crippen LogP contribution in [0.1, 0.15) is 52.9 Å². The first-order valence-corrected chi connectivity index (χ1v) is 7.88. The SMILES string of the molecule is CCCNC(CN(CCC)CCC)(C(N)=O)C1CC1. The van der Waals surface area contributed by atoms with Gasteiger partial charge in [0.1, 0.15) is 5.54 Å². The molecule has 1 saturated carbocycles. The molecule has 19 heavy (non-hydrogen) atoms. The number of carbonyl (C=O) groups is 1. The average molecular weight is 269 g/mol. The third kappa shape index (κ3) is 4.46. The molecule has 1 atom stereocenters. The highest BCUT2D eigenvalue weighted by molar-refractivity contribution is 5.86. The molecule has 0 bridgehead atoms. The lowest BCUT2D eigenvalue weighted by atomic mass is 9.90. The first kappa shape index (κ1) is 16.4. The van der Waals surface area contributed by atoms with Crippen LogP contribution in [0.15, 0.2) is 0 Å². The van der Waals surface area contributed by atoms with Crippen LogP contribution in [-0.2, 0) is 4.79 Å². The summed E-state index contributed by atoms with van der Waals surface area (Å²) in [5.74, 6) is 0.272. The maximum Gasteiger partial charge on any atom is 0.239 e. The summed E-state index contributed by atoms with van der Waals surface area (Å²) in [5, 5.41) is 3.48. The van der Waals surface area contributed by atoms with Gasteiger partial charge in [-0.3, -0.25) is 4.79 Å². The van der Waals surface area contributed by atoms with E-state index in [-0.39, 0.29) is 5.91 Å². The highest BCUT2D eigenvalue weighted by Gasteiger charge is 2.50. The Balaban J connectivity index is 2.78. The normalized spacial score (nSPS) is 18.5. The first-order chi connectivity index (χ1) is 9.10. The van der Waals surface area contributed by atoms with Crippen LogP contribution < -0.4 is 11.1 Å². The number of amides is 1. The predicted molar refractivity (Wildman–Crippen MR) is 80.0 cm³/mol. The van der Waals surface area contributed by atoms with E-state index in [1.165, 1.54) is 0 Å². The molecule has 1 unspecified atom stereocenters. The number of hydrogen-bond donors (Lipinski definition) is 2. The molecule has 1 amide bonds. The zero-order chi connectivity index (χ0) is 14.3. The van der Waals surface area contributed by atoms with Crippen molar-refractivity contribution < 1.29 is 4.79 Å². The number of rotatable bonds is 11. The van der Waals surface area contributed by atoms with Gasteiger partial charge in [-0.05, 0) is 57.7 Å². The zero-order valence-corrected chi connectivity index (χ0v) is 12.9. The van der Waals surface area contributed by atoms with Crippen molar-refractivity contribution in [3.05, 3.63) is 0 Å². The molecule has 0 saturated heterocycles. The van der Waals surface area contributed by atoms with Gasteiger partial charge in [-0.2, -0.15) is 0 Å². The van der Waals surface area contributed by atoms with E-state index < -0.39 is 5.54 Å². The molecule has 0 radical (unpaired) electrons. The van der Waals surface area contributed by atoms with Crippen molar-refractivity contribution in [1.29, 1.82) is 0 Å². The van der Waals surface area contributed by atoms with Crippen LogP contribution >= 0.6 is 0 Å². The van der Waals surface area contributed by atoms with Gasteiger partial charge in [-0.15, -0.1) is 0 Å². The molecule has 0 aliphatic heterocycles. The second-order valence-electron chi connectivity index (χ2n) is 5.81. The Kier molecular flexibility index (Phi) is 6.80. The molecule has 4 heteroatoms. The second kappa shape index (κ2) is 7.85. The zero-order valence-electron chi connectivity index (χ0n) is 12.9. The molecule has 0 aromatic carbocycles. The highest BCUT2D eigenvalue weighted by Crippen LogP contribution is 2.40. The van der Waals surface area contributed by atoms with E-state index in [9.17, 15) is 4.79 Å². The Morgan fingerprint density at radius 3 is 2.16 bits per heavy atom. The minimum Gasteiger partial charge on any atom is -0.368 e. The summed E-state index contributed by atoms with van der Waals surface area (Å²) in [7, 11) is 0. The van der Waals surface area contributed by atoms with E-state index in [0.717, 1.165) is 58.3 Å². The summed E-state index contributed by atoms with van der Waals surface area (Å²) in [6.45, 7) is 10.2. The minimum absolute atomic E-state index is 0.166. The Morgan fingerprint density at radius 1 is 1.21 bits per heavy atom.